The number of carbonyl (C=O) groups excluding carboxylic acids is 1. The van der Waals surface area contributed by atoms with Crippen LogP contribution in [0.5, 0.6) is 0 Å². The summed E-state index contributed by atoms with van der Waals surface area (Å²) in [7, 11) is 1.99. The molecule has 2 aliphatic rings. The number of benzene rings is 1. The molecular weight excluding hydrogens is 353 g/mol. The smallest absolute Gasteiger partial charge is 0.244 e. The molecule has 6 heteroatoms. The molecule has 0 radical (unpaired) electrons. The molecule has 1 atom stereocenters. The Hall–Kier alpha value is -1.17. The van der Waals surface area contributed by atoms with Crippen molar-refractivity contribution < 1.29 is 9.18 Å². The number of nitrogens with one attached hydrogen (secondary N) is 1. The van der Waals surface area contributed by atoms with Crippen molar-refractivity contribution in [2.24, 2.45) is 5.92 Å². The van der Waals surface area contributed by atoms with Crippen LogP contribution >= 0.6 is 12.4 Å². The van der Waals surface area contributed by atoms with Crippen LogP contribution in [0.4, 0.5) is 10.1 Å². The summed E-state index contributed by atoms with van der Waals surface area (Å²) in [6.07, 6.45) is 5.35. The molecule has 2 fully saturated rings. The quantitative estimate of drug-likeness (QED) is 0.846. The zero-order valence-corrected chi connectivity index (χ0v) is 16.7. The first kappa shape index (κ1) is 21.1. The maximum atomic E-state index is 14.3. The van der Waals surface area contributed by atoms with Crippen molar-refractivity contribution in [3.63, 3.8) is 0 Å². The average Bonchev–Trinajstić information content (AvgIpc) is 2.63. The Kier molecular flexibility index (Phi) is 7.86. The summed E-state index contributed by atoms with van der Waals surface area (Å²) in [5, 5.41) is 3.22. The Morgan fingerprint density at radius 1 is 1.19 bits per heavy atom. The number of carbonyl (C=O) groups is 1. The first-order chi connectivity index (χ1) is 12.1. The van der Waals surface area contributed by atoms with Crippen molar-refractivity contribution in [1.82, 2.24) is 10.2 Å². The molecule has 0 aromatic heterocycles. The van der Waals surface area contributed by atoms with E-state index >= 15 is 0 Å². The third-order valence-electron chi connectivity index (χ3n) is 5.70. The summed E-state index contributed by atoms with van der Waals surface area (Å²) < 4.78 is 14.3. The Bertz CT molecular complexity index is 605. The van der Waals surface area contributed by atoms with Crippen LogP contribution in [0.25, 0.3) is 0 Å². The maximum absolute atomic E-state index is 14.3. The average molecular weight is 384 g/mol. The summed E-state index contributed by atoms with van der Waals surface area (Å²) in [5.74, 6) is 0.530. The number of piperidine rings is 2. The standard InChI is InChI=1S/C20H30FN3O.ClH/c1-15-5-6-17(21)19(14-15)24-11-3-4-18(20(24)25)23-12-8-16(9-13-23)7-10-22-2;/h5-6,14,16,18,22H,3-4,7-13H2,1-2H3;1H. The van der Waals surface area contributed by atoms with Gasteiger partial charge in [-0.3, -0.25) is 9.69 Å². The van der Waals surface area contributed by atoms with Crippen molar-refractivity contribution in [3.05, 3.63) is 29.6 Å². The second-order valence-electron chi connectivity index (χ2n) is 7.47. The molecule has 2 saturated heterocycles. The number of aryl methyl sites for hydroxylation is 1. The molecule has 1 amide bonds. The van der Waals surface area contributed by atoms with Gasteiger partial charge in [-0.2, -0.15) is 0 Å². The Morgan fingerprint density at radius 2 is 1.92 bits per heavy atom. The zero-order valence-electron chi connectivity index (χ0n) is 15.8. The largest absolute Gasteiger partial charge is 0.320 e. The van der Waals surface area contributed by atoms with E-state index in [-0.39, 0.29) is 30.2 Å². The van der Waals surface area contributed by atoms with Crippen LogP contribution in [-0.4, -0.2) is 50.1 Å². The number of likely N-dealkylation sites (tertiary alicyclic amines) is 1. The molecule has 2 heterocycles. The molecule has 1 unspecified atom stereocenters. The summed E-state index contributed by atoms with van der Waals surface area (Å²) in [6, 6.07) is 4.92. The second-order valence-corrected chi connectivity index (χ2v) is 7.47. The molecule has 2 aliphatic heterocycles. The third kappa shape index (κ3) is 4.76. The number of halogens is 2. The van der Waals surface area contributed by atoms with Crippen LogP contribution in [0.15, 0.2) is 18.2 Å². The molecule has 1 N–H and O–H groups in total. The molecule has 1 aromatic carbocycles. The fraction of sp³-hybridized carbons (Fsp3) is 0.650. The highest BCUT2D eigenvalue weighted by molar-refractivity contribution is 5.98. The molecule has 0 spiro atoms. The lowest BCUT2D eigenvalue weighted by Crippen LogP contribution is -2.54. The molecule has 146 valence electrons. The van der Waals surface area contributed by atoms with Gasteiger partial charge >= 0.3 is 0 Å². The SMILES string of the molecule is CNCCC1CCN(C2CCCN(c3cc(C)ccc3F)C2=O)CC1.Cl. The van der Waals surface area contributed by atoms with E-state index in [2.05, 4.69) is 10.2 Å². The van der Waals surface area contributed by atoms with Crippen molar-refractivity contribution in [2.45, 2.75) is 45.1 Å². The van der Waals surface area contributed by atoms with Crippen LogP contribution in [0.1, 0.15) is 37.7 Å². The number of anilines is 1. The number of hydrogen-bond acceptors (Lipinski definition) is 3. The van der Waals surface area contributed by atoms with Gasteiger partial charge in [0.2, 0.25) is 5.91 Å². The fourth-order valence-electron chi connectivity index (χ4n) is 4.17. The predicted octanol–water partition coefficient (Wildman–Crippen LogP) is 3.37. The Morgan fingerprint density at radius 3 is 2.62 bits per heavy atom. The van der Waals surface area contributed by atoms with Crippen molar-refractivity contribution in [1.29, 1.82) is 0 Å². The third-order valence-corrected chi connectivity index (χ3v) is 5.70. The minimum absolute atomic E-state index is 0. The molecule has 26 heavy (non-hydrogen) atoms. The number of nitrogens with zero attached hydrogens (tertiary/aromatic N) is 2. The van der Waals surface area contributed by atoms with Gasteiger partial charge in [-0.05, 0) is 89.3 Å². The topological polar surface area (TPSA) is 35.6 Å². The van der Waals surface area contributed by atoms with Gasteiger partial charge < -0.3 is 10.2 Å². The second kappa shape index (κ2) is 9.67. The molecule has 4 nitrogen and oxygen atoms in total. The monoisotopic (exact) mass is 383 g/mol. The Labute approximate surface area is 162 Å². The lowest BCUT2D eigenvalue weighted by molar-refractivity contribution is -0.126. The van der Waals surface area contributed by atoms with Crippen molar-refractivity contribution in [2.75, 3.05) is 38.1 Å². The van der Waals surface area contributed by atoms with Crippen LogP contribution in [0, 0.1) is 18.7 Å². The molecule has 1 aromatic rings. The summed E-state index contributed by atoms with van der Waals surface area (Å²) in [5.41, 5.74) is 1.43. The van der Waals surface area contributed by atoms with Gasteiger partial charge in [-0.15, -0.1) is 12.4 Å². The van der Waals surface area contributed by atoms with Crippen LogP contribution in [-0.2, 0) is 4.79 Å². The van der Waals surface area contributed by atoms with E-state index in [9.17, 15) is 9.18 Å². The van der Waals surface area contributed by atoms with Gasteiger partial charge in [0.05, 0.1) is 11.7 Å². The van der Waals surface area contributed by atoms with Gasteiger partial charge in [0.15, 0.2) is 0 Å². The fourth-order valence-corrected chi connectivity index (χ4v) is 4.17. The van der Waals surface area contributed by atoms with Gasteiger partial charge in [0, 0.05) is 6.54 Å². The minimum Gasteiger partial charge on any atom is -0.320 e. The van der Waals surface area contributed by atoms with Gasteiger partial charge in [0.25, 0.3) is 0 Å². The summed E-state index contributed by atoms with van der Waals surface area (Å²) in [6.45, 7) is 5.58. The van der Waals surface area contributed by atoms with E-state index in [1.165, 1.54) is 12.5 Å². The lowest BCUT2D eigenvalue weighted by Gasteiger charge is -2.41. The first-order valence-electron chi connectivity index (χ1n) is 9.56. The molecule has 0 saturated carbocycles. The van der Waals surface area contributed by atoms with Crippen LogP contribution in [0.3, 0.4) is 0 Å². The number of rotatable bonds is 5. The van der Waals surface area contributed by atoms with Crippen LogP contribution in [0.2, 0.25) is 0 Å². The predicted molar refractivity (Wildman–Crippen MR) is 107 cm³/mol. The highest BCUT2D eigenvalue weighted by atomic mass is 35.5. The number of hydrogen-bond donors (Lipinski definition) is 1. The minimum atomic E-state index is -0.301. The van der Waals surface area contributed by atoms with E-state index in [1.54, 1.807) is 17.0 Å². The van der Waals surface area contributed by atoms with Gasteiger partial charge in [-0.1, -0.05) is 6.07 Å². The van der Waals surface area contributed by atoms with Crippen molar-refractivity contribution >= 4 is 24.0 Å². The van der Waals surface area contributed by atoms with Crippen LogP contribution < -0.4 is 10.2 Å². The lowest BCUT2D eigenvalue weighted by atomic mass is 9.91. The first-order valence-corrected chi connectivity index (χ1v) is 9.56. The Balaban J connectivity index is 0.00000243. The summed E-state index contributed by atoms with van der Waals surface area (Å²) >= 11 is 0. The highest BCUT2D eigenvalue weighted by Gasteiger charge is 2.36. The van der Waals surface area contributed by atoms with Crippen molar-refractivity contribution in [3.8, 4) is 0 Å². The molecule has 3 rings (SSSR count). The van der Waals surface area contributed by atoms with E-state index < -0.39 is 0 Å². The van der Waals surface area contributed by atoms with E-state index in [4.69, 9.17) is 0 Å². The molecule has 0 aliphatic carbocycles. The molecule has 0 bridgehead atoms. The van der Waals surface area contributed by atoms with E-state index in [0.29, 0.717) is 12.2 Å². The molecular formula is C20H31ClFN3O. The van der Waals surface area contributed by atoms with E-state index in [0.717, 1.165) is 56.8 Å². The van der Waals surface area contributed by atoms with Gasteiger partial charge in [0.1, 0.15) is 5.82 Å². The normalized spacial score (nSPS) is 22.3. The van der Waals surface area contributed by atoms with Gasteiger partial charge in [-0.25, -0.2) is 4.39 Å². The summed E-state index contributed by atoms with van der Waals surface area (Å²) in [4.78, 5) is 17.1. The highest BCUT2D eigenvalue weighted by Crippen LogP contribution is 2.29. The zero-order chi connectivity index (χ0) is 17.8. The number of amides is 1. The maximum Gasteiger partial charge on any atom is 0.244 e. The van der Waals surface area contributed by atoms with E-state index in [1.807, 2.05) is 14.0 Å².